The van der Waals surface area contributed by atoms with Crippen LogP contribution in [0.3, 0.4) is 0 Å². The van der Waals surface area contributed by atoms with Gasteiger partial charge in [0.05, 0.1) is 11.2 Å². The van der Waals surface area contributed by atoms with Crippen LogP contribution in [0.5, 0.6) is 0 Å². The number of aryl methyl sites for hydroxylation is 1. The summed E-state index contributed by atoms with van der Waals surface area (Å²) >= 11 is 6.10. The molecule has 0 atom stereocenters. The van der Waals surface area contributed by atoms with Crippen LogP contribution in [0.25, 0.3) is 6.08 Å². The van der Waals surface area contributed by atoms with E-state index in [-0.39, 0.29) is 0 Å². The van der Waals surface area contributed by atoms with Gasteiger partial charge in [-0.15, -0.1) is 0 Å². The van der Waals surface area contributed by atoms with Crippen molar-refractivity contribution >= 4 is 24.8 Å². The summed E-state index contributed by atoms with van der Waals surface area (Å²) in [4.78, 5) is 0. The Bertz CT molecular complexity index is 539. The molecule has 1 aromatic carbocycles. The Morgan fingerprint density at radius 2 is 1.75 bits per heavy atom. The highest BCUT2D eigenvalue weighted by atomic mass is 35.5. The molecule has 1 fully saturated rings. The molecule has 0 unspecified atom stereocenters. The topological polar surface area (TPSA) is 18.5 Å². The van der Waals surface area contributed by atoms with Crippen LogP contribution in [0.4, 0.5) is 4.39 Å². The van der Waals surface area contributed by atoms with Crippen molar-refractivity contribution in [2.45, 2.75) is 45.8 Å². The molecule has 0 aliphatic carbocycles. The van der Waals surface area contributed by atoms with Gasteiger partial charge in [-0.1, -0.05) is 23.7 Å². The predicted octanol–water partition coefficient (Wildman–Crippen LogP) is 4.59. The minimum atomic E-state index is -0.989. The maximum absolute atomic E-state index is 14.3. The van der Waals surface area contributed by atoms with E-state index in [0.717, 1.165) is 5.56 Å². The van der Waals surface area contributed by atoms with E-state index < -0.39 is 24.0 Å². The lowest BCUT2D eigenvalue weighted by Crippen LogP contribution is -2.41. The average molecular weight is 297 g/mol. The minimum Gasteiger partial charge on any atom is -0.398 e. The Kier molecular flexibility index (Phi) is 4.02. The highest BCUT2D eigenvalue weighted by Crippen LogP contribution is 2.39. The van der Waals surface area contributed by atoms with Gasteiger partial charge in [0, 0.05) is 5.02 Å². The van der Waals surface area contributed by atoms with Crippen LogP contribution in [0, 0.1) is 6.92 Å². The lowest BCUT2D eigenvalue weighted by atomic mass is 9.87. The van der Waals surface area contributed by atoms with E-state index in [1.807, 2.05) is 40.7 Å². The molecule has 1 aliphatic rings. The largest absolute Gasteiger partial charge is 0.525 e. The highest BCUT2D eigenvalue weighted by molar-refractivity contribution is 6.54. The second-order valence-electron chi connectivity index (χ2n) is 6.14. The number of hydrogen-bond donors (Lipinski definition) is 0. The van der Waals surface area contributed by atoms with Gasteiger partial charge >= 0.3 is 7.12 Å². The fourth-order valence-electron chi connectivity index (χ4n) is 1.92. The summed E-state index contributed by atoms with van der Waals surface area (Å²) < 4.78 is 25.6. The Balaban J connectivity index is 2.24. The van der Waals surface area contributed by atoms with Crippen LogP contribution in [0.15, 0.2) is 23.9 Å². The van der Waals surface area contributed by atoms with Crippen molar-refractivity contribution < 1.29 is 13.7 Å². The van der Waals surface area contributed by atoms with Crippen molar-refractivity contribution in [1.29, 1.82) is 0 Å². The maximum atomic E-state index is 14.3. The summed E-state index contributed by atoms with van der Waals surface area (Å²) in [7, 11) is -0.989. The van der Waals surface area contributed by atoms with Gasteiger partial charge in [-0.25, -0.2) is 4.39 Å². The van der Waals surface area contributed by atoms with E-state index in [9.17, 15) is 4.39 Å². The summed E-state index contributed by atoms with van der Waals surface area (Å²) in [5.41, 5.74) is 0.0573. The Hall–Kier alpha value is -0.835. The third-order valence-corrected chi connectivity index (χ3v) is 4.26. The maximum Gasteiger partial charge on any atom is 0.525 e. The van der Waals surface area contributed by atoms with Crippen LogP contribution < -0.4 is 0 Å². The van der Waals surface area contributed by atoms with Crippen molar-refractivity contribution in [1.82, 2.24) is 0 Å². The molecule has 0 bridgehead atoms. The molecule has 0 amide bonds. The Morgan fingerprint density at radius 1 is 1.20 bits per heavy atom. The summed E-state index contributed by atoms with van der Waals surface area (Å²) in [6, 6.07) is 5.46. The number of rotatable bonds is 2. The van der Waals surface area contributed by atoms with Crippen molar-refractivity contribution in [3.05, 3.63) is 40.1 Å². The zero-order valence-electron chi connectivity index (χ0n) is 12.5. The second-order valence-corrected chi connectivity index (χ2v) is 6.55. The first-order chi connectivity index (χ1) is 9.12. The van der Waals surface area contributed by atoms with Crippen molar-refractivity contribution in [3.8, 4) is 0 Å². The fourth-order valence-corrected chi connectivity index (χ4v) is 2.21. The molecule has 0 saturated carbocycles. The van der Waals surface area contributed by atoms with Gasteiger partial charge in [-0.05, 0) is 57.9 Å². The van der Waals surface area contributed by atoms with Crippen molar-refractivity contribution in [2.24, 2.45) is 0 Å². The molecule has 2 rings (SSSR count). The number of benzene rings is 1. The molecule has 0 aromatic heterocycles. The molecule has 1 aromatic rings. The summed E-state index contributed by atoms with van der Waals surface area (Å²) in [5.74, 6) is 0. The normalized spacial score (nSPS) is 21.4. The molecule has 1 aliphatic heterocycles. The van der Waals surface area contributed by atoms with Gasteiger partial charge in [0.1, 0.15) is 5.73 Å². The molecule has 0 spiro atoms. The molecular formula is C15H19BClFO2. The van der Waals surface area contributed by atoms with E-state index in [0.29, 0.717) is 10.6 Å². The number of halogens is 2. The first-order valence-electron chi connectivity index (χ1n) is 6.61. The lowest BCUT2D eigenvalue weighted by Gasteiger charge is -2.32. The fraction of sp³-hybridized carbons (Fsp3) is 0.467. The van der Waals surface area contributed by atoms with Crippen LogP contribution in [-0.2, 0) is 9.31 Å². The van der Waals surface area contributed by atoms with E-state index in [4.69, 9.17) is 20.9 Å². The van der Waals surface area contributed by atoms with Gasteiger partial charge in [0.15, 0.2) is 0 Å². The monoisotopic (exact) mass is 296 g/mol. The van der Waals surface area contributed by atoms with E-state index in [1.165, 1.54) is 6.08 Å². The highest BCUT2D eigenvalue weighted by Gasteiger charge is 2.53. The van der Waals surface area contributed by atoms with Gasteiger partial charge < -0.3 is 9.31 Å². The summed E-state index contributed by atoms with van der Waals surface area (Å²) in [6.45, 7) is 9.49. The predicted molar refractivity (Wildman–Crippen MR) is 81.4 cm³/mol. The van der Waals surface area contributed by atoms with Crippen molar-refractivity contribution in [2.75, 3.05) is 0 Å². The first-order valence-corrected chi connectivity index (χ1v) is 6.99. The summed E-state index contributed by atoms with van der Waals surface area (Å²) in [5, 5.41) is 0.511. The molecule has 0 radical (unpaired) electrons. The van der Waals surface area contributed by atoms with Gasteiger partial charge in [-0.2, -0.15) is 0 Å². The zero-order chi connectivity index (χ0) is 15.1. The van der Waals surface area contributed by atoms with E-state index in [1.54, 1.807) is 12.1 Å². The van der Waals surface area contributed by atoms with Gasteiger partial charge in [0.25, 0.3) is 0 Å². The molecule has 20 heavy (non-hydrogen) atoms. The molecule has 5 heteroatoms. The van der Waals surface area contributed by atoms with Crippen LogP contribution >= 0.6 is 11.6 Å². The van der Waals surface area contributed by atoms with Crippen LogP contribution in [0.2, 0.25) is 5.02 Å². The smallest absolute Gasteiger partial charge is 0.398 e. The third kappa shape index (κ3) is 2.92. The van der Waals surface area contributed by atoms with Crippen molar-refractivity contribution in [3.63, 3.8) is 0 Å². The molecule has 1 saturated heterocycles. The average Bonchev–Trinajstić information content (AvgIpc) is 2.52. The quantitative estimate of drug-likeness (QED) is 0.743. The standard InChI is InChI=1S/C15H19BClFO2/c1-10-6-7-11(12(17)8-10)9-13(18)16-19-14(2,3)15(4,5)20-16/h6-9H,1-5H3. The van der Waals surface area contributed by atoms with Gasteiger partial charge in [0.2, 0.25) is 0 Å². The molecule has 2 nitrogen and oxygen atoms in total. The third-order valence-electron chi connectivity index (χ3n) is 3.93. The Morgan fingerprint density at radius 3 is 2.25 bits per heavy atom. The second kappa shape index (κ2) is 5.17. The minimum absolute atomic E-state index is 0.477. The van der Waals surface area contributed by atoms with Crippen LogP contribution in [-0.4, -0.2) is 18.3 Å². The Labute approximate surface area is 125 Å². The molecule has 108 valence electrons. The van der Waals surface area contributed by atoms with E-state index >= 15 is 0 Å². The SMILES string of the molecule is Cc1ccc(C=C(F)B2OC(C)(C)C(C)(C)O2)c(Cl)c1. The zero-order valence-corrected chi connectivity index (χ0v) is 13.2. The van der Waals surface area contributed by atoms with Gasteiger partial charge in [-0.3, -0.25) is 0 Å². The molecular weight excluding hydrogens is 277 g/mol. The first kappa shape index (κ1) is 15.6. The molecule has 1 heterocycles. The molecule has 0 N–H and O–H groups in total. The lowest BCUT2D eigenvalue weighted by molar-refractivity contribution is 0.00578. The van der Waals surface area contributed by atoms with Crippen LogP contribution in [0.1, 0.15) is 38.8 Å². The number of hydrogen-bond acceptors (Lipinski definition) is 2. The van der Waals surface area contributed by atoms with E-state index in [2.05, 4.69) is 0 Å². The summed E-state index contributed by atoms with van der Waals surface area (Å²) in [6.07, 6.45) is 1.36.